The summed E-state index contributed by atoms with van der Waals surface area (Å²) in [6.45, 7) is 8.90. The van der Waals surface area contributed by atoms with E-state index in [1.807, 2.05) is 62.9 Å². The molecule has 3 aromatic heterocycles. The maximum absolute atomic E-state index is 13.2. The molecule has 0 aliphatic heterocycles. The molecular weight excluding hydrogens is 400 g/mol. The Hall–Kier alpha value is -2.38. The molecule has 0 atom stereocenters. The molecule has 29 heavy (non-hydrogen) atoms. The van der Waals surface area contributed by atoms with Gasteiger partial charge in [0, 0.05) is 29.9 Å². The second kappa shape index (κ2) is 8.16. The maximum Gasteiger partial charge on any atom is 0.263 e. The fourth-order valence-electron chi connectivity index (χ4n) is 3.38. The summed E-state index contributed by atoms with van der Waals surface area (Å²) in [7, 11) is 0. The lowest BCUT2D eigenvalue weighted by Gasteiger charge is -2.15. The normalized spacial score (nSPS) is 11.6. The van der Waals surface area contributed by atoms with Gasteiger partial charge in [-0.1, -0.05) is 42.1 Å². The first kappa shape index (κ1) is 19.9. The van der Waals surface area contributed by atoms with E-state index < -0.39 is 0 Å². The zero-order valence-corrected chi connectivity index (χ0v) is 18.7. The molecule has 0 N–H and O–H groups in total. The standard InChI is InChI=1S/C22H24N4OS2/c1-14(2)26-21(27)19-15(3)16(4)29-20(19)24-22(26)28-13-18-23-10-11-25(18)12-17-8-6-5-7-9-17/h5-11,14H,12-13H2,1-4H3. The molecule has 3 heterocycles. The molecule has 1 aromatic carbocycles. The van der Waals surface area contributed by atoms with Crippen molar-refractivity contribution < 1.29 is 0 Å². The van der Waals surface area contributed by atoms with E-state index >= 15 is 0 Å². The van der Waals surface area contributed by atoms with Gasteiger partial charge in [-0.25, -0.2) is 9.97 Å². The van der Waals surface area contributed by atoms with E-state index in [1.165, 1.54) is 5.56 Å². The molecule has 0 fully saturated rings. The van der Waals surface area contributed by atoms with Gasteiger partial charge >= 0.3 is 0 Å². The van der Waals surface area contributed by atoms with Gasteiger partial charge in [0.05, 0.1) is 11.1 Å². The minimum Gasteiger partial charge on any atom is -0.330 e. The summed E-state index contributed by atoms with van der Waals surface area (Å²) >= 11 is 3.17. The molecule has 5 nitrogen and oxygen atoms in total. The Morgan fingerprint density at radius 1 is 1.17 bits per heavy atom. The predicted octanol–water partition coefficient (Wildman–Crippen LogP) is 5.19. The second-order valence-corrected chi connectivity index (χ2v) is 9.52. The average molecular weight is 425 g/mol. The van der Waals surface area contributed by atoms with Crippen LogP contribution < -0.4 is 5.56 Å². The molecule has 0 radical (unpaired) electrons. The highest BCUT2D eigenvalue weighted by Gasteiger charge is 2.19. The number of thioether (sulfide) groups is 1. The number of benzene rings is 1. The number of hydrogen-bond acceptors (Lipinski definition) is 5. The van der Waals surface area contributed by atoms with Crippen LogP contribution >= 0.6 is 23.1 Å². The molecule has 4 rings (SSSR count). The largest absolute Gasteiger partial charge is 0.330 e. The van der Waals surface area contributed by atoms with Crippen LogP contribution in [0.3, 0.4) is 0 Å². The zero-order chi connectivity index (χ0) is 20.5. The van der Waals surface area contributed by atoms with E-state index in [0.29, 0.717) is 5.75 Å². The molecule has 0 saturated heterocycles. The average Bonchev–Trinajstić information content (AvgIpc) is 3.24. The van der Waals surface area contributed by atoms with Crippen molar-refractivity contribution in [1.29, 1.82) is 0 Å². The lowest BCUT2D eigenvalue weighted by Crippen LogP contribution is -2.25. The first-order valence-electron chi connectivity index (χ1n) is 9.64. The highest BCUT2D eigenvalue weighted by Crippen LogP contribution is 2.30. The fraction of sp³-hybridized carbons (Fsp3) is 0.318. The Labute approximate surface area is 178 Å². The smallest absolute Gasteiger partial charge is 0.263 e. The number of rotatable bonds is 6. The lowest BCUT2D eigenvalue weighted by molar-refractivity contribution is 0.519. The SMILES string of the molecule is Cc1sc2nc(SCc3nccn3Cc3ccccc3)n(C(C)C)c(=O)c2c1C. The summed E-state index contributed by atoms with van der Waals surface area (Å²) in [6, 6.07) is 10.4. The van der Waals surface area contributed by atoms with Crippen LogP contribution in [-0.4, -0.2) is 19.1 Å². The topological polar surface area (TPSA) is 52.7 Å². The van der Waals surface area contributed by atoms with Gasteiger partial charge in [0.15, 0.2) is 5.16 Å². The number of hydrogen-bond donors (Lipinski definition) is 0. The van der Waals surface area contributed by atoms with E-state index in [9.17, 15) is 4.79 Å². The van der Waals surface area contributed by atoms with Gasteiger partial charge in [-0.05, 0) is 38.8 Å². The lowest BCUT2D eigenvalue weighted by atomic mass is 10.2. The van der Waals surface area contributed by atoms with Crippen molar-refractivity contribution in [3.05, 3.63) is 74.9 Å². The molecule has 0 bridgehead atoms. The highest BCUT2D eigenvalue weighted by molar-refractivity contribution is 7.98. The Morgan fingerprint density at radius 2 is 1.93 bits per heavy atom. The quantitative estimate of drug-likeness (QED) is 0.316. The van der Waals surface area contributed by atoms with Crippen molar-refractivity contribution in [2.45, 2.75) is 51.2 Å². The van der Waals surface area contributed by atoms with Crippen LogP contribution in [0.4, 0.5) is 0 Å². The predicted molar refractivity (Wildman–Crippen MR) is 121 cm³/mol. The van der Waals surface area contributed by atoms with E-state index in [0.717, 1.165) is 38.2 Å². The minimum absolute atomic E-state index is 0.0468. The monoisotopic (exact) mass is 424 g/mol. The van der Waals surface area contributed by atoms with E-state index in [1.54, 1.807) is 23.1 Å². The van der Waals surface area contributed by atoms with Gasteiger partial charge in [0.1, 0.15) is 10.7 Å². The molecule has 150 valence electrons. The van der Waals surface area contributed by atoms with Gasteiger partial charge < -0.3 is 4.57 Å². The first-order valence-corrected chi connectivity index (χ1v) is 11.4. The zero-order valence-electron chi connectivity index (χ0n) is 17.0. The van der Waals surface area contributed by atoms with Crippen LogP contribution in [0, 0.1) is 13.8 Å². The Morgan fingerprint density at radius 3 is 2.66 bits per heavy atom. The summed E-state index contributed by atoms with van der Waals surface area (Å²) in [4.78, 5) is 24.6. The van der Waals surface area contributed by atoms with E-state index in [2.05, 4.69) is 21.7 Å². The van der Waals surface area contributed by atoms with E-state index in [-0.39, 0.29) is 11.6 Å². The molecule has 0 saturated carbocycles. The molecule has 0 amide bonds. The van der Waals surface area contributed by atoms with Crippen molar-refractivity contribution in [1.82, 2.24) is 19.1 Å². The van der Waals surface area contributed by atoms with E-state index in [4.69, 9.17) is 4.98 Å². The van der Waals surface area contributed by atoms with Crippen LogP contribution in [0.25, 0.3) is 10.2 Å². The van der Waals surface area contributed by atoms with Crippen molar-refractivity contribution in [3.8, 4) is 0 Å². The molecule has 0 aliphatic carbocycles. The number of thiophene rings is 1. The first-order chi connectivity index (χ1) is 14.0. The molecule has 7 heteroatoms. The van der Waals surface area contributed by atoms with Crippen LogP contribution in [0.2, 0.25) is 0 Å². The number of imidazole rings is 1. The van der Waals surface area contributed by atoms with Crippen molar-refractivity contribution >= 4 is 33.3 Å². The summed E-state index contributed by atoms with van der Waals surface area (Å²) in [6.07, 6.45) is 3.83. The van der Waals surface area contributed by atoms with Crippen molar-refractivity contribution in [2.24, 2.45) is 0 Å². The van der Waals surface area contributed by atoms with Gasteiger partial charge in [-0.3, -0.25) is 9.36 Å². The summed E-state index contributed by atoms with van der Waals surface area (Å²) in [5, 5.41) is 1.52. The van der Waals surface area contributed by atoms with Crippen molar-refractivity contribution in [3.63, 3.8) is 0 Å². The summed E-state index contributed by atoms with van der Waals surface area (Å²) in [5.74, 6) is 1.63. The van der Waals surface area contributed by atoms with Gasteiger partial charge in [0.25, 0.3) is 5.56 Å². The Balaban J connectivity index is 1.65. The van der Waals surface area contributed by atoms with Crippen molar-refractivity contribution in [2.75, 3.05) is 0 Å². The van der Waals surface area contributed by atoms with Crippen LogP contribution in [0.15, 0.2) is 52.7 Å². The fourth-order valence-corrected chi connectivity index (χ4v) is 5.54. The minimum atomic E-state index is 0.0468. The molecule has 4 aromatic rings. The van der Waals surface area contributed by atoms with Gasteiger partial charge in [-0.2, -0.15) is 0 Å². The molecule has 0 unspecified atom stereocenters. The number of fused-ring (bicyclic) bond motifs is 1. The Kier molecular flexibility index (Phi) is 5.61. The van der Waals surface area contributed by atoms with Crippen LogP contribution in [0.5, 0.6) is 0 Å². The third-order valence-corrected chi connectivity index (χ3v) is 7.10. The number of aryl methyl sites for hydroxylation is 2. The summed E-state index contributed by atoms with van der Waals surface area (Å²) in [5.41, 5.74) is 2.34. The summed E-state index contributed by atoms with van der Waals surface area (Å²) < 4.78 is 3.97. The Bertz CT molecular complexity index is 1210. The second-order valence-electron chi connectivity index (χ2n) is 7.37. The van der Waals surface area contributed by atoms with Crippen LogP contribution in [0.1, 0.15) is 41.7 Å². The molecule has 0 spiro atoms. The third-order valence-electron chi connectivity index (χ3n) is 5.05. The molecule has 0 aliphatic rings. The third kappa shape index (κ3) is 3.89. The number of aromatic nitrogens is 4. The van der Waals surface area contributed by atoms with Gasteiger partial charge in [-0.15, -0.1) is 11.3 Å². The van der Waals surface area contributed by atoms with Crippen LogP contribution in [-0.2, 0) is 12.3 Å². The highest BCUT2D eigenvalue weighted by atomic mass is 32.2. The van der Waals surface area contributed by atoms with Gasteiger partial charge in [0.2, 0.25) is 0 Å². The number of nitrogens with zero attached hydrogens (tertiary/aromatic N) is 4. The maximum atomic E-state index is 13.2. The molecular formula is C22H24N4OS2.